The van der Waals surface area contributed by atoms with Gasteiger partial charge in [-0.25, -0.2) is 0 Å². The van der Waals surface area contributed by atoms with E-state index in [9.17, 15) is 4.79 Å². The molecule has 1 amide bonds. The van der Waals surface area contributed by atoms with Crippen molar-refractivity contribution in [3.05, 3.63) is 12.7 Å². The van der Waals surface area contributed by atoms with E-state index in [1.54, 1.807) is 21.1 Å². The van der Waals surface area contributed by atoms with E-state index in [0.717, 1.165) is 0 Å². The summed E-state index contributed by atoms with van der Waals surface area (Å²) in [5, 5.41) is 11.3. The molecule has 12 heavy (non-hydrogen) atoms. The molecule has 5 nitrogen and oxygen atoms in total. The summed E-state index contributed by atoms with van der Waals surface area (Å²) in [5.74, 6) is -1.03. The highest BCUT2D eigenvalue weighted by Crippen LogP contribution is 1.85. The number of carbonyl (C=O) groups is 1. The molecule has 0 spiro atoms. The van der Waals surface area contributed by atoms with Gasteiger partial charge in [-0.15, -0.1) is 0 Å². The first-order valence-corrected chi connectivity index (χ1v) is 3.65. The molecule has 0 saturated heterocycles. The van der Waals surface area contributed by atoms with E-state index in [4.69, 9.17) is 0 Å². The van der Waals surface area contributed by atoms with Crippen molar-refractivity contribution in [3.63, 3.8) is 0 Å². The molecule has 0 saturated carbocycles. The van der Waals surface area contributed by atoms with Crippen molar-refractivity contribution in [2.24, 2.45) is 0 Å². The second-order valence-corrected chi connectivity index (χ2v) is 2.19. The van der Waals surface area contributed by atoms with E-state index >= 15 is 0 Å². The molecule has 70 valence electrons. The molecule has 0 aliphatic rings. The smallest absolute Gasteiger partial charge is 0.246 e. The fourth-order valence-corrected chi connectivity index (χ4v) is 0.798. The van der Waals surface area contributed by atoms with Crippen LogP contribution in [0.25, 0.3) is 0 Å². The fraction of sp³-hybridized carbons (Fsp3) is 0.571. The molecule has 0 radical (unpaired) electrons. The lowest BCUT2D eigenvalue weighted by Crippen LogP contribution is -2.73. The number of hydrogen-bond acceptors (Lipinski definition) is 4. The summed E-state index contributed by atoms with van der Waals surface area (Å²) in [6.07, 6.45) is 1.21. The summed E-state index contributed by atoms with van der Waals surface area (Å²) in [4.78, 5) is 11.0. The van der Waals surface area contributed by atoms with Crippen LogP contribution in [0, 0.1) is 0 Å². The molecular weight excluding hydrogens is 156 g/mol. The van der Waals surface area contributed by atoms with Crippen molar-refractivity contribution < 1.29 is 4.79 Å². The Morgan fingerprint density at radius 2 is 1.67 bits per heavy atom. The van der Waals surface area contributed by atoms with Crippen LogP contribution in [0.5, 0.6) is 0 Å². The van der Waals surface area contributed by atoms with Crippen LogP contribution in [-0.2, 0) is 4.79 Å². The zero-order chi connectivity index (χ0) is 9.61. The van der Waals surface area contributed by atoms with Gasteiger partial charge in [0.25, 0.3) is 0 Å². The molecule has 0 unspecified atom stereocenters. The van der Waals surface area contributed by atoms with Crippen LogP contribution in [-0.4, -0.2) is 33.0 Å². The van der Waals surface area contributed by atoms with Gasteiger partial charge in [-0.2, -0.15) is 0 Å². The zero-order valence-corrected chi connectivity index (χ0v) is 7.69. The highest BCUT2D eigenvalue weighted by Gasteiger charge is 2.24. The number of nitrogens with one attached hydrogen (secondary N) is 4. The summed E-state index contributed by atoms with van der Waals surface area (Å²) in [7, 11) is 5.16. The fourth-order valence-electron chi connectivity index (χ4n) is 0.798. The van der Waals surface area contributed by atoms with Gasteiger partial charge in [0.1, 0.15) is 0 Å². The largest absolute Gasteiger partial charge is 0.309 e. The summed E-state index contributed by atoms with van der Waals surface area (Å²) in [6.45, 7) is 3.35. The van der Waals surface area contributed by atoms with Crippen molar-refractivity contribution in [1.29, 1.82) is 0 Å². The average molecular weight is 172 g/mol. The Bertz CT molecular complexity index is 157. The third-order valence-corrected chi connectivity index (χ3v) is 1.62. The van der Waals surface area contributed by atoms with Crippen LogP contribution in [0.3, 0.4) is 0 Å². The minimum Gasteiger partial charge on any atom is -0.309 e. The Hall–Kier alpha value is -0.910. The molecule has 0 aromatic rings. The lowest BCUT2D eigenvalue weighted by atomic mass is 10.5. The molecule has 0 fully saturated rings. The normalized spacial score (nSPS) is 10.9. The second kappa shape index (κ2) is 4.87. The van der Waals surface area contributed by atoms with Crippen molar-refractivity contribution in [3.8, 4) is 0 Å². The van der Waals surface area contributed by atoms with E-state index < -0.39 is 5.91 Å². The summed E-state index contributed by atoms with van der Waals surface area (Å²) in [5.41, 5.74) is 0. The van der Waals surface area contributed by atoms with Gasteiger partial charge in [0.2, 0.25) is 11.8 Å². The first kappa shape index (κ1) is 11.1. The Morgan fingerprint density at radius 1 is 1.25 bits per heavy atom. The van der Waals surface area contributed by atoms with Crippen LogP contribution < -0.4 is 21.3 Å². The van der Waals surface area contributed by atoms with Gasteiger partial charge in [0, 0.05) is 0 Å². The molecule has 0 heterocycles. The van der Waals surface area contributed by atoms with E-state index in [-0.39, 0.29) is 5.91 Å². The number of rotatable bonds is 5. The quantitative estimate of drug-likeness (QED) is 0.303. The topological polar surface area (TPSA) is 65.2 Å². The molecule has 0 rings (SSSR count). The average Bonchev–Trinajstić information content (AvgIpc) is 2.14. The lowest BCUT2D eigenvalue weighted by Gasteiger charge is -2.32. The van der Waals surface area contributed by atoms with Crippen LogP contribution >= 0.6 is 0 Å². The molecular formula is C7H16N4O. The minimum atomic E-state index is -0.773. The Kier molecular flexibility index (Phi) is 4.50. The van der Waals surface area contributed by atoms with Crippen molar-refractivity contribution in [1.82, 2.24) is 21.3 Å². The highest BCUT2D eigenvalue weighted by molar-refractivity contribution is 5.87. The SMILES string of the molecule is C=CC(=O)NC(NC)(NC)NC. The maximum absolute atomic E-state index is 11.0. The van der Waals surface area contributed by atoms with Gasteiger partial charge in [0.15, 0.2) is 0 Å². The molecule has 0 bridgehead atoms. The molecule has 0 aromatic carbocycles. The van der Waals surface area contributed by atoms with Crippen LogP contribution in [0.15, 0.2) is 12.7 Å². The van der Waals surface area contributed by atoms with Crippen LogP contribution in [0.4, 0.5) is 0 Å². The highest BCUT2D eigenvalue weighted by atomic mass is 16.2. The van der Waals surface area contributed by atoms with Gasteiger partial charge >= 0.3 is 0 Å². The monoisotopic (exact) mass is 172 g/mol. The van der Waals surface area contributed by atoms with Crippen LogP contribution in [0.1, 0.15) is 0 Å². The standard InChI is InChI=1S/C7H16N4O/c1-5-6(12)11-7(8-2,9-3)10-4/h5,8-10H,1H2,2-4H3,(H,11,12). The summed E-state index contributed by atoms with van der Waals surface area (Å²) >= 11 is 0. The maximum atomic E-state index is 11.0. The Morgan fingerprint density at radius 3 is 1.92 bits per heavy atom. The molecule has 0 aliphatic heterocycles. The molecule has 0 atom stereocenters. The third-order valence-electron chi connectivity index (χ3n) is 1.62. The van der Waals surface area contributed by atoms with E-state index in [1.165, 1.54) is 6.08 Å². The molecule has 0 aromatic heterocycles. The van der Waals surface area contributed by atoms with Gasteiger partial charge < -0.3 is 5.32 Å². The van der Waals surface area contributed by atoms with Crippen molar-refractivity contribution in [2.75, 3.05) is 21.1 Å². The minimum absolute atomic E-state index is 0.256. The van der Waals surface area contributed by atoms with Gasteiger partial charge in [-0.05, 0) is 27.2 Å². The van der Waals surface area contributed by atoms with Gasteiger partial charge in [-0.3, -0.25) is 20.7 Å². The Balaban J connectivity index is 4.29. The number of amides is 1. The van der Waals surface area contributed by atoms with E-state index in [0.29, 0.717) is 0 Å². The second-order valence-electron chi connectivity index (χ2n) is 2.19. The Labute approximate surface area is 72.6 Å². The molecule has 5 heteroatoms. The van der Waals surface area contributed by atoms with Gasteiger partial charge in [-0.1, -0.05) is 6.58 Å². The van der Waals surface area contributed by atoms with Crippen LogP contribution in [0.2, 0.25) is 0 Å². The van der Waals surface area contributed by atoms with E-state index in [2.05, 4.69) is 27.8 Å². The third kappa shape index (κ3) is 2.61. The first-order valence-electron chi connectivity index (χ1n) is 3.65. The lowest BCUT2D eigenvalue weighted by molar-refractivity contribution is -0.119. The number of carbonyl (C=O) groups excluding carboxylic acids is 1. The zero-order valence-electron chi connectivity index (χ0n) is 7.69. The summed E-state index contributed by atoms with van der Waals surface area (Å²) < 4.78 is 0. The molecule has 4 N–H and O–H groups in total. The molecule has 0 aliphatic carbocycles. The predicted molar refractivity (Wildman–Crippen MR) is 48.2 cm³/mol. The van der Waals surface area contributed by atoms with E-state index in [1.807, 2.05) is 0 Å². The predicted octanol–water partition coefficient (Wildman–Crippen LogP) is -1.44. The van der Waals surface area contributed by atoms with Crippen molar-refractivity contribution >= 4 is 5.91 Å². The first-order chi connectivity index (χ1) is 5.64. The number of hydrogen-bond donors (Lipinski definition) is 4. The van der Waals surface area contributed by atoms with Crippen molar-refractivity contribution in [2.45, 2.75) is 5.91 Å². The summed E-state index contributed by atoms with van der Waals surface area (Å²) in [6, 6.07) is 0. The van der Waals surface area contributed by atoms with Gasteiger partial charge in [0.05, 0.1) is 0 Å². The maximum Gasteiger partial charge on any atom is 0.246 e.